The van der Waals surface area contributed by atoms with Crippen LogP contribution < -0.4 is 9.47 Å². The van der Waals surface area contributed by atoms with Crippen molar-refractivity contribution in [1.29, 1.82) is 0 Å². The van der Waals surface area contributed by atoms with E-state index in [0.29, 0.717) is 6.42 Å². The number of halogens is 4. The van der Waals surface area contributed by atoms with Crippen molar-refractivity contribution in [2.75, 3.05) is 0 Å². The maximum atomic E-state index is 14.3. The Labute approximate surface area is 185 Å². The lowest BCUT2D eigenvalue weighted by molar-refractivity contribution is -0.139. The number of aromatic nitrogens is 1. The molecule has 2 aromatic carbocycles. The maximum absolute atomic E-state index is 14.3. The first-order valence-electron chi connectivity index (χ1n) is 10.2. The van der Waals surface area contributed by atoms with Crippen LogP contribution in [0.15, 0.2) is 54.7 Å². The Morgan fingerprint density at radius 2 is 1.94 bits per heavy atom. The third-order valence-electron chi connectivity index (χ3n) is 6.08. The third kappa shape index (κ3) is 3.99. The molecular formula is C24H17F4NO4. The van der Waals surface area contributed by atoms with E-state index in [0.717, 1.165) is 23.3 Å². The summed E-state index contributed by atoms with van der Waals surface area (Å²) in [5.74, 6) is -1.77. The zero-order chi connectivity index (χ0) is 23.3. The number of hydrogen-bond acceptors (Lipinski definition) is 4. The number of nitrogens with zero attached hydrogens (tertiary/aromatic N) is 1. The second-order valence-corrected chi connectivity index (χ2v) is 8.12. The SMILES string of the molecule is O=C(O)[C@H]1[C@@H]2Cc3cc(OCc4cc(Oc5ccccc5C(F)(F)F)ccc4F)ncc3[C@@H]21. The van der Waals surface area contributed by atoms with Crippen molar-refractivity contribution in [3.63, 3.8) is 0 Å². The number of carboxylic acids is 1. The van der Waals surface area contributed by atoms with E-state index >= 15 is 0 Å². The number of rotatable bonds is 6. The van der Waals surface area contributed by atoms with Gasteiger partial charge in [-0.1, -0.05) is 12.1 Å². The zero-order valence-corrected chi connectivity index (χ0v) is 17.0. The summed E-state index contributed by atoms with van der Waals surface area (Å²) in [5.41, 5.74) is 1.03. The molecule has 0 amide bonds. The molecule has 1 heterocycles. The van der Waals surface area contributed by atoms with E-state index < -0.39 is 23.5 Å². The fraction of sp³-hybridized carbons (Fsp3) is 0.250. The molecular weight excluding hydrogens is 442 g/mol. The summed E-state index contributed by atoms with van der Waals surface area (Å²) < 4.78 is 64.8. The average Bonchev–Trinajstić information content (AvgIpc) is 3.36. The Hall–Kier alpha value is -3.62. The van der Waals surface area contributed by atoms with Gasteiger partial charge < -0.3 is 14.6 Å². The van der Waals surface area contributed by atoms with Gasteiger partial charge in [-0.25, -0.2) is 9.37 Å². The molecule has 0 radical (unpaired) electrons. The van der Waals surface area contributed by atoms with Crippen LogP contribution in [0, 0.1) is 17.7 Å². The second kappa shape index (κ2) is 7.75. The van der Waals surface area contributed by atoms with Crippen molar-refractivity contribution < 1.29 is 36.9 Å². The highest BCUT2D eigenvalue weighted by atomic mass is 19.4. The number of alkyl halides is 3. The molecule has 0 bridgehead atoms. The number of pyridine rings is 1. The molecule has 0 unspecified atom stereocenters. The normalized spacial score (nSPS) is 20.7. The Bertz CT molecular complexity index is 1240. The van der Waals surface area contributed by atoms with Crippen molar-refractivity contribution in [3.8, 4) is 17.4 Å². The molecule has 1 N–H and O–H groups in total. The Morgan fingerprint density at radius 1 is 1.15 bits per heavy atom. The summed E-state index contributed by atoms with van der Waals surface area (Å²) in [4.78, 5) is 15.4. The van der Waals surface area contributed by atoms with Crippen LogP contribution >= 0.6 is 0 Å². The second-order valence-electron chi connectivity index (χ2n) is 8.12. The smallest absolute Gasteiger partial charge is 0.419 e. The third-order valence-corrected chi connectivity index (χ3v) is 6.08. The monoisotopic (exact) mass is 459 g/mol. The van der Waals surface area contributed by atoms with Gasteiger partial charge in [0.25, 0.3) is 0 Å². The molecule has 0 spiro atoms. The molecule has 9 heteroatoms. The van der Waals surface area contributed by atoms with E-state index in [4.69, 9.17) is 9.47 Å². The van der Waals surface area contributed by atoms with Crippen LogP contribution in [0.1, 0.15) is 28.2 Å². The summed E-state index contributed by atoms with van der Waals surface area (Å²) in [6.45, 7) is -0.208. The first kappa shape index (κ1) is 21.2. The number of aliphatic carboxylic acids is 1. The summed E-state index contributed by atoms with van der Waals surface area (Å²) in [7, 11) is 0. The number of benzene rings is 2. The van der Waals surface area contributed by atoms with Crippen molar-refractivity contribution in [2.45, 2.75) is 25.1 Å². The van der Waals surface area contributed by atoms with Crippen LogP contribution in [0.25, 0.3) is 0 Å². The average molecular weight is 459 g/mol. The summed E-state index contributed by atoms with van der Waals surface area (Å²) in [5, 5.41) is 9.20. The van der Waals surface area contributed by atoms with Crippen LogP contribution in [0.5, 0.6) is 17.4 Å². The van der Waals surface area contributed by atoms with E-state index in [2.05, 4.69) is 4.98 Å². The van der Waals surface area contributed by atoms with Crippen LogP contribution in [0.4, 0.5) is 17.6 Å². The molecule has 2 aliphatic rings. The van der Waals surface area contributed by atoms with E-state index in [-0.39, 0.29) is 47.3 Å². The highest BCUT2D eigenvalue weighted by Gasteiger charge is 2.59. The Morgan fingerprint density at radius 3 is 2.70 bits per heavy atom. The summed E-state index contributed by atoms with van der Waals surface area (Å²) >= 11 is 0. The number of hydrogen-bond donors (Lipinski definition) is 1. The summed E-state index contributed by atoms with van der Waals surface area (Å²) in [6, 6.07) is 10.1. The minimum absolute atomic E-state index is 0.00935. The van der Waals surface area contributed by atoms with Gasteiger partial charge in [0.05, 0.1) is 11.5 Å². The molecule has 33 heavy (non-hydrogen) atoms. The quantitative estimate of drug-likeness (QED) is 0.488. The molecule has 0 aliphatic heterocycles. The fourth-order valence-electron chi connectivity index (χ4n) is 4.48. The van der Waals surface area contributed by atoms with Crippen molar-refractivity contribution in [3.05, 3.63) is 82.8 Å². The van der Waals surface area contributed by atoms with E-state index in [1.807, 2.05) is 0 Å². The van der Waals surface area contributed by atoms with Gasteiger partial charge in [0.2, 0.25) is 5.88 Å². The first-order valence-corrected chi connectivity index (χ1v) is 10.2. The predicted molar refractivity (Wildman–Crippen MR) is 108 cm³/mol. The first-order chi connectivity index (χ1) is 15.7. The molecule has 5 rings (SSSR count). The molecule has 1 saturated carbocycles. The minimum atomic E-state index is -4.59. The lowest BCUT2D eigenvalue weighted by Crippen LogP contribution is -2.07. The number of fused-ring (bicyclic) bond motifs is 3. The topological polar surface area (TPSA) is 68.7 Å². The standard InChI is InChI=1S/C24H17F4NO4/c25-18-6-5-14(33-19-4-2-1-3-17(19)24(26,27)28)7-13(18)11-32-20-9-12-8-15-21(16(12)10-29-20)22(15)23(30)31/h1-7,9-10,15,21-22H,8,11H2,(H,30,31)/t15-,21-,22+/m1/s1. The number of para-hydroxylation sites is 1. The number of ether oxygens (including phenoxy) is 2. The van der Waals surface area contributed by atoms with Gasteiger partial charge in [0.1, 0.15) is 23.9 Å². The van der Waals surface area contributed by atoms with Crippen LogP contribution in [0.2, 0.25) is 0 Å². The van der Waals surface area contributed by atoms with Crippen molar-refractivity contribution >= 4 is 5.97 Å². The predicted octanol–water partition coefficient (Wildman–Crippen LogP) is 5.58. The molecule has 0 saturated heterocycles. The highest BCUT2D eigenvalue weighted by Crippen LogP contribution is 2.61. The molecule has 3 atom stereocenters. The van der Waals surface area contributed by atoms with Gasteiger partial charge in [-0.3, -0.25) is 4.79 Å². The zero-order valence-electron chi connectivity index (χ0n) is 17.0. The lowest BCUT2D eigenvalue weighted by Gasteiger charge is -2.14. The maximum Gasteiger partial charge on any atom is 0.419 e. The number of carboxylic acid groups (broad SMARTS) is 1. The molecule has 1 aromatic heterocycles. The molecule has 3 aromatic rings. The molecule has 1 fully saturated rings. The molecule has 2 aliphatic carbocycles. The molecule has 5 nitrogen and oxygen atoms in total. The van der Waals surface area contributed by atoms with Gasteiger partial charge in [-0.15, -0.1) is 0 Å². The van der Waals surface area contributed by atoms with Gasteiger partial charge in [-0.05, 0) is 53.8 Å². The van der Waals surface area contributed by atoms with Crippen molar-refractivity contribution in [2.24, 2.45) is 11.8 Å². The summed E-state index contributed by atoms with van der Waals surface area (Å²) in [6.07, 6.45) is -2.36. The van der Waals surface area contributed by atoms with E-state index in [1.54, 1.807) is 12.3 Å². The van der Waals surface area contributed by atoms with Crippen LogP contribution in [-0.4, -0.2) is 16.1 Å². The minimum Gasteiger partial charge on any atom is -0.481 e. The number of carbonyl (C=O) groups is 1. The van der Waals surface area contributed by atoms with E-state index in [1.165, 1.54) is 30.3 Å². The Balaban J connectivity index is 1.29. The van der Waals surface area contributed by atoms with Gasteiger partial charge in [0, 0.05) is 23.7 Å². The highest BCUT2D eigenvalue weighted by molar-refractivity contribution is 5.77. The van der Waals surface area contributed by atoms with Gasteiger partial charge in [-0.2, -0.15) is 13.2 Å². The van der Waals surface area contributed by atoms with E-state index in [9.17, 15) is 27.5 Å². The van der Waals surface area contributed by atoms with Gasteiger partial charge in [0.15, 0.2) is 0 Å². The lowest BCUT2D eigenvalue weighted by atomic mass is 10.0. The van der Waals surface area contributed by atoms with Gasteiger partial charge >= 0.3 is 12.1 Å². The largest absolute Gasteiger partial charge is 0.481 e. The van der Waals surface area contributed by atoms with Crippen LogP contribution in [-0.2, 0) is 24.0 Å². The Kier molecular flexibility index (Phi) is 4.99. The van der Waals surface area contributed by atoms with Crippen molar-refractivity contribution in [1.82, 2.24) is 4.98 Å². The van der Waals surface area contributed by atoms with Crippen LogP contribution in [0.3, 0.4) is 0 Å². The fourth-order valence-corrected chi connectivity index (χ4v) is 4.48. The molecule has 170 valence electrons.